The van der Waals surface area contributed by atoms with Crippen molar-refractivity contribution in [1.82, 2.24) is 19.7 Å². The third-order valence-corrected chi connectivity index (χ3v) is 7.70. The molecule has 3 aromatic rings. The SMILES string of the molecule is O=C(O)CC(NC(=O)c1ccn2c(NC3CCCCC3)c(-c3cccnc3)nc2c1)C1CCCCC1. The minimum atomic E-state index is -0.880. The Hall–Kier alpha value is -3.42. The molecule has 1 atom stereocenters. The van der Waals surface area contributed by atoms with E-state index in [1.54, 1.807) is 18.3 Å². The first-order valence-corrected chi connectivity index (χ1v) is 13.3. The molecule has 2 fully saturated rings. The predicted octanol–water partition coefficient (Wildman–Crippen LogP) is 5.29. The second-order valence-corrected chi connectivity index (χ2v) is 10.2. The van der Waals surface area contributed by atoms with Gasteiger partial charge in [-0.3, -0.25) is 19.0 Å². The zero-order chi connectivity index (χ0) is 24.9. The van der Waals surface area contributed by atoms with Gasteiger partial charge in [-0.2, -0.15) is 0 Å². The molecule has 1 amide bonds. The highest BCUT2D eigenvalue weighted by Crippen LogP contribution is 2.32. The normalized spacial score (nSPS) is 18.1. The number of pyridine rings is 2. The number of amides is 1. The van der Waals surface area contributed by atoms with Gasteiger partial charge in [-0.05, 0) is 55.9 Å². The second-order valence-electron chi connectivity index (χ2n) is 10.2. The predicted molar refractivity (Wildman–Crippen MR) is 139 cm³/mol. The van der Waals surface area contributed by atoms with Crippen LogP contribution in [0.25, 0.3) is 16.9 Å². The molecule has 0 radical (unpaired) electrons. The highest BCUT2D eigenvalue weighted by molar-refractivity contribution is 5.96. The largest absolute Gasteiger partial charge is 0.481 e. The molecule has 1 unspecified atom stereocenters. The standard InChI is InChI=1S/C28H35N5O3/c34-25(35)17-23(19-8-3-1-4-9-19)31-28(36)20-13-15-33-24(16-20)32-26(21-10-7-14-29-18-21)27(33)30-22-11-5-2-6-12-22/h7,10,13-16,18-19,22-23,30H,1-6,8-9,11-12,17H2,(H,31,36)(H,34,35). The van der Waals surface area contributed by atoms with Gasteiger partial charge < -0.3 is 15.7 Å². The van der Waals surface area contributed by atoms with Crippen LogP contribution in [0.3, 0.4) is 0 Å². The molecular formula is C28H35N5O3. The van der Waals surface area contributed by atoms with E-state index in [-0.39, 0.29) is 24.3 Å². The molecule has 5 rings (SSSR count). The van der Waals surface area contributed by atoms with Crippen LogP contribution in [-0.2, 0) is 4.79 Å². The zero-order valence-electron chi connectivity index (χ0n) is 20.7. The zero-order valence-corrected chi connectivity index (χ0v) is 20.7. The lowest BCUT2D eigenvalue weighted by atomic mass is 9.82. The van der Waals surface area contributed by atoms with Gasteiger partial charge >= 0.3 is 5.97 Å². The van der Waals surface area contributed by atoms with Crippen molar-refractivity contribution in [3.8, 4) is 11.3 Å². The molecule has 2 saturated carbocycles. The van der Waals surface area contributed by atoms with E-state index in [0.29, 0.717) is 17.3 Å². The smallest absolute Gasteiger partial charge is 0.305 e. The second kappa shape index (κ2) is 11.1. The quantitative estimate of drug-likeness (QED) is 0.396. The molecule has 0 aliphatic heterocycles. The van der Waals surface area contributed by atoms with Crippen molar-refractivity contribution >= 4 is 23.3 Å². The Morgan fingerprint density at radius 3 is 2.50 bits per heavy atom. The Bertz CT molecular complexity index is 1200. The van der Waals surface area contributed by atoms with Crippen LogP contribution in [0.2, 0.25) is 0 Å². The lowest BCUT2D eigenvalue weighted by Gasteiger charge is -2.30. The first-order valence-electron chi connectivity index (χ1n) is 13.3. The Labute approximate surface area is 211 Å². The summed E-state index contributed by atoms with van der Waals surface area (Å²) in [7, 11) is 0. The van der Waals surface area contributed by atoms with Crippen LogP contribution in [0.5, 0.6) is 0 Å². The molecule has 0 saturated heterocycles. The van der Waals surface area contributed by atoms with Crippen molar-refractivity contribution in [3.05, 3.63) is 48.4 Å². The molecule has 190 valence electrons. The summed E-state index contributed by atoms with van der Waals surface area (Å²) in [6, 6.07) is 7.51. The maximum Gasteiger partial charge on any atom is 0.305 e. The van der Waals surface area contributed by atoms with Gasteiger partial charge in [-0.25, -0.2) is 4.98 Å². The van der Waals surface area contributed by atoms with Gasteiger partial charge in [0.15, 0.2) is 0 Å². The van der Waals surface area contributed by atoms with Crippen LogP contribution in [0.4, 0.5) is 5.82 Å². The summed E-state index contributed by atoms with van der Waals surface area (Å²) in [4.78, 5) is 33.9. The highest BCUT2D eigenvalue weighted by atomic mass is 16.4. The molecule has 8 nitrogen and oxygen atoms in total. The summed E-state index contributed by atoms with van der Waals surface area (Å²) in [6.45, 7) is 0. The molecule has 0 aromatic carbocycles. The van der Waals surface area contributed by atoms with Gasteiger partial charge in [-0.15, -0.1) is 0 Å². The summed E-state index contributed by atoms with van der Waals surface area (Å²) >= 11 is 0. The van der Waals surface area contributed by atoms with Gasteiger partial charge in [0.2, 0.25) is 0 Å². The molecule has 3 heterocycles. The topological polar surface area (TPSA) is 109 Å². The van der Waals surface area contributed by atoms with Gasteiger partial charge in [0.05, 0.1) is 6.42 Å². The van der Waals surface area contributed by atoms with Crippen molar-refractivity contribution in [2.24, 2.45) is 5.92 Å². The van der Waals surface area contributed by atoms with E-state index in [9.17, 15) is 14.7 Å². The minimum absolute atomic E-state index is 0.0529. The van der Waals surface area contributed by atoms with Crippen LogP contribution >= 0.6 is 0 Å². The number of nitrogens with one attached hydrogen (secondary N) is 2. The maximum absolute atomic E-state index is 13.2. The Kier molecular flexibility index (Phi) is 7.49. The number of aromatic nitrogens is 3. The number of carboxylic acid groups (broad SMARTS) is 1. The van der Waals surface area contributed by atoms with E-state index in [1.807, 2.05) is 28.9 Å². The van der Waals surface area contributed by atoms with Gasteiger partial charge in [0.25, 0.3) is 5.91 Å². The van der Waals surface area contributed by atoms with Crippen LogP contribution in [0.1, 0.15) is 81.0 Å². The summed E-state index contributed by atoms with van der Waals surface area (Å²) in [5, 5.41) is 16.2. The van der Waals surface area contributed by atoms with Crippen molar-refractivity contribution in [2.45, 2.75) is 82.7 Å². The highest BCUT2D eigenvalue weighted by Gasteiger charge is 2.28. The van der Waals surface area contributed by atoms with E-state index in [0.717, 1.165) is 55.6 Å². The number of rotatable bonds is 8. The average molecular weight is 490 g/mol. The van der Waals surface area contributed by atoms with E-state index < -0.39 is 5.97 Å². The fraction of sp³-hybridized carbons (Fsp3) is 0.500. The summed E-state index contributed by atoms with van der Waals surface area (Å²) < 4.78 is 2.00. The third-order valence-electron chi connectivity index (χ3n) is 7.70. The maximum atomic E-state index is 13.2. The number of fused-ring (bicyclic) bond motifs is 1. The molecular weight excluding hydrogens is 454 g/mol. The molecule has 8 heteroatoms. The van der Waals surface area contributed by atoms with Gasteiger partial charge in [0, 0.05) is 41.8 Å². The first-order chi connectivity index (χ1) is 17.6. The number of hydrogen-bond acceptors (Lipinski definition) is 5. The minimum Gasteiger partial charge on any atom is -0.481 e. The molecule has 0 spiro atoms. The van der Waals surface area contributed by atoms with Gasteiger partial charge in [0.1, 0.15) is 17.2 Å². The van der Waals surface area contributed by atoms with E-state index in [1.165, 1.54) is 25.7 Å². The lowest BCUT2D eigenvalue weighted by molar-refractivity contribution is -0.137. The van der Waals surface area contributed by atoms with Gasteiger partial charge in [-0.1, -0.05) is 38.5 Å². The summed E-state index contributed by atoms with van der Waals surface area (Å²) in [5.74, 6) is -0.00332. The Balaban J connectivity index is 1.43. The monoisotopic (exact) mass is 489 g/mol. The van der Waals surface area contributed by atoms with Crippen molar-refractivity contribution < 1.29 is 14.7 Å². The molecule has 36 heavy (non-hydrogen) atoms. The van der Waals surface area contributed by atoms with Crippen LogP contribution < -0.4 is 10.6 Å². The number of aliphatic carboxylic acids is 1. The third kappa shape index (κ3) is 5.53. The average Bonchev–Trinajstić information content (AvgIpc) is 3.27. The van der Waals surface area contributed by atoms with Crippen LogP contribution in [0.15, 0.2) is 42.9 Å². The van der Waals surface area contributed by atoms with Crippen molar-refractivity contribution in [3.63, 3.8) is 0 Å². The summed E-state index contributed by atoms with van der Waals surface area (Å²) in [6.07, 6.45) is 16.6. The number of imidazole rings is 1. The molecule has 2 aliphatic carbocycles. The van der Waals surface area contributed by atoms with Crippen molar-refractivity contribution in [2.75, 3.05) is 5.32 Å². The molecule has 3 aromatic heterocycles. The molecule has 3 N–H and O–H groups in total. The summed E-state index contributed by atoms with van der Waals surface area (Å²) in [5.41, 5.74) is 2.90. The van der Waals surface area contributed by atoms with E-state index in [4.69, 9.17) is 4.98 Å². The fourth-order valence-corrected chi connectivity index (χ4v) is 5.78. The number of carboxylic acids is 1. The number of carbonyl (C=O) groups is 2. The van der Waals surface area contributed by atoms with Crippen LogP contribution in [-0.4, -0.2) is 43.4 Å². The Morgan fingerprint density at radius 2 is 1.81 bits per heavy atom. The Morgan fingerprint density at radius 1 is 1.06 bits per heavy atom. The number of hydrogen-bond donors (Lipinski definition) is 3. The number of nitrogens with zero attached hydrogens (tertiary/aromatic N) is 3. The fourth-order valence-electron chi connectivity index (χ4n) is 5.78. The molecule has 2 aliphatic rings. The van der Waals surface area contributed by atoms with E-state index in [2.05, 4.69) is 15.6 Å². The van der Waals surface area contributed by atoms with Crippen LogP contribution in [0, 0.1) is 5.92 Å². The first kappa shape index (κ1) is 24.3. The van der Waals surface area contributed by atoms with E-state index >= 15 is 0 Å². The lowest BCUT2D eigenvalue weighted by Crippen LogP contribution is -2.42. The van der Waals surface area contributed by atoms with Crippen molar-refractivity contribution in [1.29, 1.82) is 0 Å². The molecule has 0 bridgehead atoms. The number of carbonyl (C=O) groups excluding carboxylic acids is 1. The number of anilines is 1.